The molecule has 1 fully saturated rings. The summed E-state index contributed by atoms with van der Waals surface area (Å²) in [4.78, 5) is 18.4. The molecule has 0 unspecified atom stereocenters. The minimum atomic E-state index is -1.83. The van der Waals surface area contributed by atoms with Crippen LogP contribution in [0, 0.1) is 0 Å². The molecule has 9 heteroatoms. The summed E-state index contributed by atoms with van der Waals surface area (Å²) < 4.78 is 28.9. The van der Waals surface area contributed by atoms with E-state index in [1.54, 1.807) is 0 Å². The Labute approximate surface area is 82.1 Å². The van der Waals surface area contributed by atoms with E-state index in [9.17, 15) is 13.6 Å². The van der Waals surface area contributed by atoms with Crippen molar-refractivity contribution in [1.82, 2.24) is 0 Å². The van der Waals surface area contributed by atoms with Crippen LogP contribution < -0.4 is 0 Å². The molecule has 90 valence electrons. The van der Waals surface area contributed by atoms with E-state index in [0.717, 1.165) is 0 Å². The van der Waals surface area contributed by atoms with E-state index in [1.165, 1.54) is 0 Å². The lowest BCUT2D eigenvalue weighted by Crippen LogP contribution is -1.88. The van der Waals surface area contributed by atoms with Crippen molar-refractivity contribution in [2.24, 2.45) is 0 Å². The molecule has 0 radical (unpaired) electrons. The topological polar surface area (TPSA) is 93.1 Å². The molecule has 0 aromatic heterocycles. The number of carboxylic acid groups (broad SMARTS) is 2. The lowest BCUT2D eigenvalue weighted by Gasteiger charge is -1.78. The second-order valence-electron chi connectivity index (χ2n) is 1.57. The van der Waals surface area contributed by atoms with Crippen LogP contribution in [0.1, 0.15) is 0 Å². The Bertz CT molecular complexity index is 179. The van der Waals surface area contributed by atoms with Crippen molar-refractivity contribution in [3.63, 3.8) is 0 Å². The zero-order valence-electron chi connectivity index (χ0n) is 7.31. The van der Waals surface area contributed by atoms with Gasteiger partial charge in [-0.3, -0.25) is 4.70 Å². The number of hydrogen-bond acceptors (Lipinski definition) is 4. The van der Waals surface area contributed by atoms with Gasteiger partial charge in [-0.25, -0.2) is 9.59 Å². The number of ether oxygens (including phenoxy) is 2. The third kappa shape index (κ3) is 47.6. The van der Waals surface area contributed by atoms with Gasteiger partial charge >= 0.3 is 12.3 Å². The maximum Gasteiger partial charge on any atom is 0.508 e. The van der Waals surface area contributed by atoms with Gasteiger partial charge < -0.3 is 19.7 Å². The van der Waals surface area contributed by atoms with Crippen molar-refractivity contribution in [3.8, 4) is 0 Å². The molecule has 1 aliphatic heterocycles. The van der Waals surface area contributed by atoms with Gasteiger partial charge in [0.1, 0.15) is 13.2 Å². The first-order valence-electron chi connectivity index (χ1n) is 3.07. The average Bonchev–Trinajstić information content (AvgIpc) is 2.36. The van der Waals surface area contributed by atoms with Crippen LogP contribution in [-0.4, -0.2) is 35.7 Å². The van der Waals surface area contributed by atoms with Crippen molar-refractivity contribution in [3.05, 3.63) is 12.7 Å². The first-order valence-corrected chi connectivity index (χ1v) is 3.07. The Morgan fingerprint density at radius 1 is 1.27 bits per heavy atom. The minimum absolute atomic E-state index is 0. The van der Waals surface area contributed by atoms with Crippen LogP contribution in [0.5, 0.6) is 0 Å². The predicted molar refractivity (Wildman–Crippen MR) is 41.8 cm³/mol. The summed E-state index contributed by atoms with van der Waals surface area (Å²) in [5, 5.41) is 13.9. The number of carbonyl (C=O) groups excluding carboxylic acids is 1. The molecule has 1 aliphatic rings. The highest BCUT2D eigenvalue weighted by molar-refractivity contribution is 5.61. The molecule has 0 bridgehead atoms. The minimum Gasteiger partial charge on any atom is -0.450 e. The molecule has 1 rings (SSSR count). The van der Waals surface area contributed by atoms with Crippen molar-refractivity contribution < 1.29 is 42.8 Å². The first kappa shape index (κ1) is 18.8. The van der Waals surface area contributed by atoms with E-state index >= 15 is 0 Å². The quantitative estimate of drug-likeness (QED) is 0.622. The third-order valence-electron chi connectivity index (χ3n) is 0.523. The summed E-state index contributed by atoms with van der Waals surface area (Å²) in [6, 6.07) is 0. The van der Waals surface area contributed by atoms with Crippen molar-refractivity contribution in [1.29, 1.82) is 0 Å². The molecule has 0 aromatic rings. The Balaban J connectivity index is -0.000000145. The van der Waals surface area contributed by atoms with E-state index in [-0.39, 0.29) is 4.70 Å². The summed E-state index contributed by atoms with van der Waals surface area (Å²) in [5.74, 6) is 0. The molecular formula is C6H9F3O6. The SMILES string of the molecule is C=C(F)F.F.O=C(O)O.O=C1OCCO1. The summed E-state index contributed by atoms with van der Waals surface area (Å²) in [6.07, 6.45) is -4.21. The van der Waals surface area contributed by atoms with Crippen LogP contribution in [0.2, 0.25) is 0 Å². The third-order valence-corrected chi connectivity index (χ3v) is 0.523. The standard InChI is InChI=1S/C3H4O3.C2H2F2.CH2O3.FH/c4-3-5-1-2-6-3;1-2(3)4;2-1(3)4;/h1-2H2;1H2;(H2,2,3,4);1H. The molecule has 0 atom stereocenters. The first-order chi connectivity index (χ1) is 6.36. The summed E-state index contributed by atoms with van der Waals surface area (Å²) in [7, 11) is 0. The fraction of sp³-hybridized carbons (Fsp3) is 0.333. The van der Waals surface area contributed by atoms with Gasteiger partial charge in [-0.15, -0.1) is 0 Å². The number of carbonyl (C=O) groups is 2. The van der Waals surface area contributed by atoms with Gasteiger partial charge in [0, 0.05) is 0 Å². The van der Waals surface area contributed by atoms with Crippen molar-refractivity contribution >= 4 is 12.3 Å². The highest BCUT2D eigenvalue weighted by Crippen LogP contribution is 1.92. The zero-order chi connectivity index (χ0) is 11.6. The normalized spacial score (nSPS) is 11.2. The van der Waals surface area contributed by atoms with E-state index in [0.29, 0.717) is 13.2 Å². The fourth-order valence-electron chi connectivity index (χ4n) is 0.292. The molecule has 0 aliphatic carbocycles. The van der Waals surface area contributed by atoms with E-state index < -0.39 is 18.4 Å². The molecular weight excluding hydrogens is 225 g/mol. The van der Waals surface area contributed by atoms with Gasteiger partial charge in [0.15, 0.2) is 0 Å². The predicted octanol–water partition coefficient (Wildman–Crippen LogP) is 1.92. The number of rotatable bonds is 0. The zero-order valence-corrected chi connectivity index (χ0v) is 7.31. The Morgan fingerprint density at radius 2 is 1.47 bits per heavy atom. The van der Waals surface area contributed by atoms with Crippen molar-refractivity contribution in [2.45, 2.75) is 0 Å². The summed E-state index contributed by atoms with van der Waals surface area (Å²) >= 11 is 0. The molecule has 15 heavy (non-hydrogen) atoms. The molecule has 0 spiro atoms. The smallest absolute Gasteiger partial charge is 0.450 e. The van der Waals surface area contributed by atoms with Crippen LogP contribution in [0.25, 0.3) is 0 Å². The van der Waals surface area contributed by atoms with E-state index in [2.05, 4.69) is 16.1 Å². The average molecular weight is 234 g/mol. The molecule has 0 amide bonds. The molecule has 2 N–H and O–H groups in total. The fourth-order valence-corrected chi connectivity index (χ4v) is 0.292. The molecule has 6 nitrogen and oxygen atoms in total. The highest BCUT2D eigenvalue weighted by Gasteiger charge is 2.09. The lowest BCUT2D eigenvalue weighted by molar-refractivity contribution is 0.131. The van der Waals surface area contributed by atoms with E-state index in [4.69, 9.17) is 15.0 Å². The van der Waals surface area contributed by atoms with Gasteiger partial charge in [0.25, 0.3) is 6.08 Å². The van der Waals surface area contributed by atoms with Crippen molar-refractivity contribution in [2.75, 3.05) is 13.2 Å². The monoisotopic (exact) mass is 234 g/mol. The molecule has 1 heterocycles. The number of hydrogen-bond donors (Lipinski definition) is 2. The van der Waals surface area contributed by atoms with Gasteiger partial charge in [0.2, 0.25) is 0 Å². The Morgan fingerprint density at radius 3 is 1.53 bits per heavy atom. The maximum absolute atomic E-state index is 10.1. The Kier molecular flexibility index (Phi) is 15.1. The lowest BCUT2D eigenvalue weighted by atomic mass is 10.8. The van der Waals surface area contributed by atoms with E-state index in [1.807, 2.05) is 0 Å². The Hall–Kier alpha value is -1.93. The number of cyclic esters (lactones) is 2. The van der Waals surface area contributed by atoms with Gasteiger partial charge in [0.05, 0.1) is 0 Å². The van der Waals surface area contributed by atoms with Crippen LogP contribution in [0.3, 0.4) is 0 Å². The largest absolute Gasteiger partial charge is 0.508 e. The number of halogens is 3. The molecule has 0 aromatic carbocycles. The van der Waals surface area contributed by atoms with Crippen LogP contribution in [0.15, 0.2) is 12.7 Å². The van der Waals surface area contributed by atoms with Crippen LogP contribution >= 0.6 is 0 Å². The second kappa shape index (κ2) is 12.1. The maximum atomic E-state index is 10.1. The summed E-state index contributed by atoms with van der Waals surface area (Å²) in [5.41, 5.74) is 0. The van der Waals surface area contributed by atoms with Crippen LogP contribution in [-0.2, 0) is 9.47 Å². The summed E-state index contributed by atoms with van der Waals surface area (Å²) in [6.45, 7) is 3.05. The molecule has 1 saturated heterocycles. The highest BCUT2D eigenvalue weighted by atomic mass is 19.3. The van der Waals surface area contributed by atoms with Crippen LogP contribution in [0.4, 0.5) is 23.1 Å². The van der Waals surface area contributed by atoms with Gasteiger partial charge in [-0.05, 0) is 6.58 Å². The van der Waals surface area contributed by atoms with Gasteiger partial charge in [-0.1, -0.05) is 0 Å². The molecule has 0 saturated carbocycles. The second-order valence-corrected chi connectivity index (χ2v) is 1.57. The van der Waals surface area contributed by atoms with Gasteiger partial charge in [-0.2, -0.15) is 8.78 Å².